The first-order valence-electron chi connectivity index (χ1n) is 6.34. The summed E-state index contributed by atoms with van der Waals surface area (Å²) in [5, 5.41) is 4.90. The molecule has 1 aromatic carbocycles. The highest BCUT2D eigenvalue weighted by Gasteiger charge is 2.14. The zero-order valence-electron chi connectivity index (χ0n) is 11.8. The second-order valence-electron chi connectivity index (χ2n) is 4.68. The molecule has 2 heterocycles. The van der Waals surface area contributed by atoms with Crippen molar-refractivity contribution in [3.05, 3.63) is 24.5 Å². The molecule has 0 fully saturated rings. The molecule has 110 valence electrons. The van der Waals surface area contributed by atoms with Gasteiger partial charge < -0.3 is 25.9 Å². The number of fused-ring (bicyclic) bond motifs is 1. The standard InChI is InChI=1S/C13H16N6O2/c1-19(2)18-13-11(14)12(15-6-16-13)17-8-3-4-9-10(5-8)21-7-20-9/h3-6H,7,14H2,1-2H3,(H2,15,16,17,18). The molecule has 2 aromatic rings. The minimum atomic E-state index is 0.241. The summed E-state index contributed by atoms with van der Waals surface area (Å²) in [4.78, 5) is 8.26. The topological polar surface area (TPSA) is 97.6 Å². The Kier molecular flexibility index (Phi) is 3.36. The molecule has 1 aliphatic rings. The molecule has 1 aliphatic heterocycles. The van der Waals surface area contributed by atoms with E-state index >= 15 is 0 Å². The average molecular weight is 288 g/mol. The minimum absolute atomic E-state index is 0.241. The molecule has 0 aliphatic carbocycles. The largest absolute Gasteiger partial charge is 0.454 e. The van der Waals surface area contributed by atoms with Crippen LogP contribution in [0.3, 0.4) is 0 Å². The fourth-order valence-electron chi connectivity index (χ4n) is 1.91. The summed E-state index contributed by atoms with van der Waals surface area (Å²) < 4.78 is 10.6. The van der Waals surface area contributed by atoms with Gasteiger partial charge in [-0.15, -0.1) is 0 Å². The molecular formula is C13H16N6O2. The van der Waals surface area contributed by atoms with E-state index in [4.69, 9.17) is 15.2 Å². The van der Waals surface area contributed by atoms with Crippen molar-refractivity contribution < 1.29 is 9.47 Å². The van der Waals surface area contributed by atoms with Gasteiger partial charge in [0.05, 0.1) is 0 Å². The number of hydrogen-bond acceptors (Lipinski definition) is 8. The van der Waals surface area contributed by atoms with E-state index in [-0.39, 0.29) is 6.79 Å². The fraction of sp³-hybridized carbons (Fsp3) is 0.231. The number of hydrazine groups is 1. The van der Waals surface area contributed by atoms with Crippen molar-refractivity contribution in [2.45, 2.75) is 0 Å². The lowest BCUT2D eigenvalue weighted by Crippen LogP contribution is -2.21. The second-order valence-corrected chi connectivity index (χ2v) is 4.68. The van der Waals surface area contributed by atoms with Crippen LogP contribution in [-0.2, 0) is 0 Å². The third-order valence-corrected chi connectivity index (χ3v) is 2.85. The first kappa shape index (κ1) is 13.3. The van der Waals surface area contributed by atoms with Crippen molar-refractivity contribution in [1.82, 2.24) is 15.0 Å². The van der Waals surface area contributed by atoms with Gasteiger partial charge >= 0.3 is 0 Å². The average Bonchev–Trinajstić information content (AvgIpc) is 2.90. The molecule has 4 N–H and O–H groups in total. The van der Waals surface area contributed by atoms with E-state index in [2.05, 4.69) is 20.7 Å². The molecule has 0 bridgehead atoms. The van der Waals surface area contributed by atoms with E-state index in [1.54, 1.807) is 5.01 Å². The van der Waals surface area contributed by atoms with E-state index in [1.807, 2.05) is 32.3 Å². The number of anilines is 4. The highest BCUT2D eigenvalue weighted by molar-refractivity contribution is 5.77. The van der Waals surface area contributed by atoms with Gasteiger partial charge in [-0.2, -0.15) is 0 Å². The highest BCUT2D eigenvalue weighted by atomic mass is 16.7. The minimum Gasteiger partial charge on any atom is -0.454 e. The van der Waals surface area contributed by atoms with Crippen LogP contribution in [-0.4, -0.2) is 35.9 Å². The Balaban J connectivity index is 1.84. The van der Waals surface area contributed by atoms with Gasteiger partial charge in [-0.3, -0.25) is 0 Å². The summed E-state index contributed by atoms with van der Waals surface area (Å²) in [6, 6.07) is 5.54. The van der Waals surface area contributed by atoms with Crippen LogP contribution in [0.15, 0.2) is 24.5 Å². The van der Waals surface area contributed by atoms with Crippen molar-refractivity contribution in [2.75, 3.05) is 37.4 Å². The molecule has 8 nitrogen and oxygen atoms in total. The Morgan fingerprint density at radius 3 is 2.71 bits per heavy atom. The molecule has 0 amide bonds. The maximum Gasteiger partial charge on any atom is 0.231 e. The number of benzene rings is 1. The molecule has 0 atom stereocenters. The highest BCUT2D eigenvalue weighted by Crippen LogP contribution is 2.35. The summed E-state index contributed by atoms with van der Waals surface area (Å²) in [7, 11) is 3.71. The summed E-state index contributed by atoms with van der Waals surface area (Å²) in [5.74, 6) is 2.48. The molecule has 1 aromatic heterocycles. The zero-order chi connectivity index (χ0) is 14.8. The van der Waals surface area contributed by atoms with Gasteiger partial charge in [-0.05, 0) is 12.1 Å². The lowest BCUT2D eigenvalue weighted by molar-refractivity contribution is 0.174. The van der Waals surface area contributed by atoms with E-state index in [9.17, 15) is 0 Å². The predicted octanol–water partition coefficient (Wildman–Crippen LogP) is 1.42. The van der Waals surface area contributed by atoms with Crippen molar-refractivity contribution in [2.24, 2.45) is 0 Å². The van der Waals surface area contributed by atoms with Crippen LogP contribution in [0, 0.1) is 0 Å². The van der Waals surface area contributed by atoms with Crippen LogP contribution < -0.4 is 25.9 Å². The van der Waals surface area contributed by atoms with Gasteiger partial charge in [0.15, 0.2) is 23.1 Å². The smallest absolute Gasteiger partial charge is 0.231 e. The third-order valence-electron chi connectivity index (χ3n) is 2.85. The monoisotopic (exact) mass is 288 g/mol. The normalized spacial score (nSPS) is 12.5. The van der Waals surface area contributed by atoms with Crippen LogP contribution in [0.4, 0.5) is 23.0 Å². The Bertz CT molecular complexity index is 661. The van der Waals surface area contributed by atoms with Crippen LogP contribution >= 0.6 is 0 Å². The number of nitrogens with two attached hydrogens (primary N) is 1. The molecule has 0 radical (unpaired) electrons. The van der Waals surface area contributed by atoms with Crippen LogP contribution in [0.1, 0.15) is 0 Å². The zero-order valence-corrected chi connectivity index (χ0v) is 11.8. The Labute approximate surface area is 121 Å². The summed E-state index contributed by atoms with van der Waals surface area (Å²) in [6.07, 6.45) is 1.44. The van der Waals surface area contributed by atoms with Gasteiger partial charge in [0.2, 0.25) is 6.79 Å². The van der Waals surface area contributed by atoms with Crippen molar-refractivity contribution in [3.63, 3.8) is 0 Å². The molecule has 21 heavy (non-hydrogen) atoms. The maximum absolute atomic E-state index is 6.06. The number of nitrogens with zero attached hydrogens (tertiary/aromatic N) is 3. The lowest BCUT2D eigenvalue weighted by Gasteiger charge is -2.16. The van der Waals surface area contributed by atoms with Gasteiger partial charge in [0.25, 0.3) is 0 Å². The number of nitrogen functional groups attached to an aromatic ring is 1. The van der Waals surface area contributed by atoms with Crippen molar-refractivity contribution in [3.8, 4) is 11.5 Å². The van der Waals surface area contributed by atoms with Crippen LogP contribution in [0.25, 0.3) is 0 Å². The van der Waals surface area contributed by atoms with Gasteiger partial charge in [-0.25, -0.2) is 15.0 Å². The molecule has 0 saturated carbocycles. The van der Waals surface area contributed by atoms with E-state index < -0.39 is 0 Å². The van der Waals surface area contributed by atoms with Crippen molar-refractivity contribution >= 4 is 23.0 Å². The first-order valence-corrected chi connectivity index (χ1v) is 6.34. The molecule has 0 saturated heterocycles. The quantitative estimate of drug-likeness (QED) is 0.727. The van der Waals surface area contributed by atoms with Crippen molar-refractivity contribution in [1.29, 1.82) is 0 Å². The van der Waals surface area contributed by atoms with Gasteiger partial charge in [0, 0.05) is 25.8 Å². The van der Waals surface area contributed by atoms with Gasteiger partial charge in [0.1, 0.15) is 12.0 Å². The summed E-state index contributed by atoms with van der Waals surface area (Å²) in [6.45, 7) is 0.241. The molecule has 3 rings (SSSR count). The number of aromatic nitrogens is 2. The Hall–Kier alpha value is -2.74. The number of ether oxygens (including phenoxy) is 2. The maximum atomic E-state index is 6.06. The second kappa shape index (κ2) is 5.33. The molecular weight excluding hydrogens is 272 g/mol. The molecule has 8 heteroatoms. The predicted molar refractivity (Wildman–Crippen MR) is 79.6 cm³/mol. The SMILES string of the molecule is CN(C)Nc1ncnc(Nc2ccc3c(c2)OCO3)c1N. The third kappa shape index (κ3) is 2.75. The van der Waals surface area contributed by atoms with Gasteiger partial charge in [-0.1, -0.05) is 0 Å². The van der Waals surface area contributed by atoms with E-state index in [1.165, 1.54) is 6.33 Å². The fourth-order valence-corrected chi connectivity index (χ4v) is 1.91. The lowest BCUT2D eigenvalue weighted by atomic mass is 10.2. The molecule has 0 spiro atoms. The first-order chi connectivity index (χ1) is 10.1. The van der Waals surface area contributed by atoms with E-state index in [0.717, 1.165) is 11.4 Å². The Morgan fingerprint density at radius 2 is 1.90 bits per heavy atom. The molecule has 0 unspecified atom stereocenters. The van der Waals surface area contributed by atoms with Crippen LogP contribution in [0.5, 0.6) is 11.5 Å². The number of hydrogen-bond donors (Lipinski definition) is 3. The summed E-state index contributed by atoms with van der Waals surface area (Å²) >= 11 is 0. The van der Waals surface area contributed by atoms with Crippen LogP contribution in [0.2, 0.25) is 0 Å². The summed E-state index contributed by atoms with van der Waals surface area (Å²) in [5.41, 5.74) is 10.3. The Morgan fingerprint density at radius 1 is 1.14 bits per heavy atom. The number of rotatable bonds is 4. The van der Waals surface area contributed by atoms with E-state index in [0.29, 0.717) is 23.1 Å². The number of nitrogens with one attached hydrogen (secondary N) is 2.